The number of carbonyl (C=O) groups is 2. The first kappa shape index (κ1) is 20.4. The van der Waals surface area contributed by atoms with E-state index in [0.29, 0.717) is 18.1 Å². The Bertz CT molecular complexity index is 1110. The molecule has 154 valence electrons. The van der Waals surface area contributed by atoms with Crippen LogP contribution in [0.2, 0.25) is 0 Å². The zero-order valence-electron chi connectivity index (χ0n) is 16.8. The number of amides is 1. The standard InChI is InChI=1S/C21H25N3O5/c1-4-10-23-17-7-5-6-8-18(17)24(21(23)28)11-9-19(25)22(3)13-15-12-16(20(26)27)14(2)29-15/h5-8,12H,4,9-11,13H2,1-3H3,(H,26,27). The van der Waals surface area contributed by atoms with E-state index < -0.39 is 5.97 Å². The number of benzene rings is 1. The van der Waals surface area contributed by atoms with Crippen LogP contribution in [0.3, 0.4) is 0 Å². The number of hydrogen-bond acceptors (Lipinski definition) is 4. The van der Waals surface area contributed by atoms with Gasteiger partial charge in [-0.05, 0) is 31.5 Å². The van der Waals surface area contributed by atoms with Gasteiger partial charge < -0.3 is 14.4 Å². The van der Waals surface area contributed by atoms with Crippen LogP contribution in [0.4, 0.5) is 0 Å². The Morgan fingerprint density at radius 3 is 2.31 bits per heavy atom. The SMILES string of the molecule is CCCn1c(=O)n(CCC(=O)N(C)Cc2cc(C(=O)O)c(C)o2)c2ccccc21. The van der Waals surface area contributed by atoms with E-state index in [4.69, 9.17) is 9.52 Å². The van der Waals surface area contributed by atoms with Crippen LogP contribution in [0.5, 0.6) is 0 Å². The molecule has 3 rings (SSSR count). The highest BCUT2D eigenvalue weighted by Gasteiger charge is 2.18. The van der Waals surface area contributed by atoms with Gasteiger partial charge in [-0.3, -0.25) is 13.9 Å². The van der Waals surface area contributed by atoms with E-state index in [-0.39, 0.29) is 36.7 Å². The van der Waals surface area contributed by atoms with Crippen molar-refractivity contribution in [2.45, 2.75) is 46.3 Å². The van der Waals surface area contributed by atoms with Gasteiger partial charge in [-0.15, -0.1) is 0 Å². The molecule has 8 heteroatoms. The summed E-state index contributed by atoms with van der Waals surface area (Å²) >= 11 is 0. The Kier molecular flexibility index (Phi) is 5.91. The summed E-state index contributed by atoms with van der Waals surface area (Å²) < 4.78 is 8.81. The number of nitrogens with zero attached hydrogens (tertiary/aromatic N) is 3. The molecule has 0 radical (unpaired) electrons. The number of fused-ring (bicyclic) bond motifs is 1. The molecule has 0 aliphatic carbocycles. The molecule has 1 amide bonds. The summed E-state index contributed by atoms with van der Waals surface area (Å²) in [7, 11) is 1.63. The Morgan fingerprint density at radius 2 is 1.76 bits per heavy atom. The van der Waals surface area contributed by atoms with Gasteiger partial charge in [-0.1, -0.05) is 19.1 Å². The number of carboxylic acids is 1. The van der Waals surface area contributed by atoms with Gasteiger partial charge in [0.05, 0.1) is 17.6 Å². The lowest BCUT2D eigenvalue weighted by atomic mass is 10.2. The van der Waals surface area contributed by atoms with E-state index in [1.165, 1.54) is 11.0 Å². The smallest absolute Gasteiger partial charge is 0.339 e. The molecular weight excluding hydrogens is 374 g/mol. The summed E-state index contributed by atoms with van der Waals surface area (Å²) in [5, 5.41) is 9.11. The van der Waals surface area contributed by atoms with Crippen LogP contribution in [0, 0.1) is 6.92 Å². The molecule has 0 bridgehead atoms. The van der Waals surface area contributed by atoms with Gasteiger partial charge in [0, 0.05) is 26.6 Å². The van der Waals surface area contributed by atoms with Gasteiger partial charge >= 0.3 is 11.7 Å². The summed E-state index contributed by atoms with van der Waals surface area (Å²) in [6.07, 6.45) is 0.999. The Morgan fingerprint density at radius 1 is 1.14 bits per heavy atom. The third kappa shape index (κ3) is 4.11. The predicted molar refractivity (Wildman–Crippen MR) is 108 cm³/mol. The van der Waals surface area contributed by atoms with Crippen molar-refractivity contribution in [2.24, 2.45) is 0 Å². The summed E-state index contributed by atoms with van der Waals surface area (Å²) in [5.41, 5.74) is 1.66. The third-order valence-corrected chi connectivity index (χ3v) is 4.94. The molecule has 1 N–H and O–H groups in total. The van der Waals surface area contributed by atoms with Crippen LogP contribution in [0.15, 0.2) is 39.5 Å². The highest BCUT2D eigenvalue weighted by Crippen LogP contribution is 2.17. The number of carbonyl (C=O) groups excluding carboxylic acids is 1. The molecule has 0 fully saturated rings. The highest BCUT2D eigenvalue weighted by atomic mass is 16.4. The second-order valence-electron chi connectivity index (χ2n) is 7.06. The number of aromatic carboxylic acids is 1. The molecule has 8 nitrogen and oxygen atoms in total. The van der Waals surface area contributed by atoms with Crippen LogP contribution in [-0.4, -0.2) is 38.1 Å². The molecule has 0 unspecified atom stereocenters. The molecule has 0 saturated carbocycles. The topological polar surface area (TPSA) is 97.7 Å². The first-order valence-electron chi connectivity index (χ1n) is 9.58. The fraction of sp³-hybridized carbons (Fsp3) is 0.381. The van der Waals surface area contributed by atoms with Gasteiger partial charge in [0.15, 0.2) is 0 Å². The van der Waals surface area contributed by atoms with Crippen molar-refractivity contribution in [3.63, 3.8) is 0 Å². The van der Waals surface area contributed by atoms with Crippen molar-refractivity contribution in [2.75, 3.05) is 7.05 Å². The van der Waals surface area contributed by atoms with E-state index in [9.17, 15) is 14.4 Å². The molecule has 29 heavy (non-hydrogen) atoms. The van der Waals surface area contributed by atoms with E-state index in [1.54, 1.807) is 23.1 Å². The maximum Gasteiger partial charge on any atom is 0.339 e. The first-order chi connectivity index (χ1) is 13.8. The van der Waals surface area contributed by atoms with E-state index in [0.717, 1.165) is 17.5 Å². The van der Waals surface area contributed by atoms with Crippen molar-refractivity contribution in [3.8, 4) is 0 Å². The second-order valence-corrected chi connectivity index (χ2v) is 7.06. The summed E-state index contributed by atoms with van der Waals surface area (Å²) in [6, 6.07) is 9.01. The molecule has 0 spiro atoms. The minimum Gasteiger partial charge on any atom is -0.478 e. The number of aromatic nitrogens is 2. The molecule has 2 aromatic heterocycles. The highest BCUT2D eigenvalue weighted by molar-refractivity contribution is 5.88. The van der Waals surface area contributed by atoms with E-state index in [1.807, 2.05) is 31.2 Å². The van der Waals surface area contributed by atoms with Crippen molar-refractivity contribution in [3.05, 3.63) is 57.9 Å². The number of aryl methyl sites for hydroxylation is 3. The maximum atomic E-state index is 12.8. The van der Waals surface area contributed by atoms with Gasteiger partial charge in [-0.25, -0.2) is 9.59 Å². The molecule has 2 heterocycles. The molecule has 3 aromatic rings. The van der Waals surface area contributed by atoms with Crippen LogP contribution >= 0.6 is 0 Å². The van der Waals surface area contributed by atoms with Crippen molar-refractivity contribution in [1.82, 2.24) is 14.0 Å². The average Bonchev–Trinajstić information content (AvgIpc) is 3.18. The quantitative estimate of drug-likeness (QED) is 0.628. The van der Waals surface area contributed by atoms with Crippen molar-refractivity contribution in [1.29, 1.82) is 0 Å². The van der Waals surface area contributed by atoms with Gasteiger partial charge in [0.25, 0.3) is 0 Å². The van der Waals surface area contributed by atoms with E-state index in [2.05, 4.69) is 0 Å². The van der Waals surface area contributed by atoms with Crippen LogP contribution in [-0.2, 0) is 24.4 Å². The van der Waals surface area contributed by atoms with Gasteiger partial charge in [-0.2, -0.15) is 0 Å². The van der Waals surface area contributed by atoms with Crippen LogP contribution in [0.1, 0.15) is 41.6 Å². The monoisotopic (exact) mass is 399 g/mol. The van der Waals surface area contributed by atoms with Crippen molar-refractivity contribution >= 4 is 22.9 Å². The number of carboxylic acid groups (broad SMARTS) is 1. The molecular formula is C21H25N3O5. The number of hydrogen-bond donors (Lipinski definition) is 1. The predicted octanol–water partition coefficient (Wildman–Crippen LogP) is 2.86. The largest absolute Gasteiger partial charge is 0.478 e. The Labute approximate surface area is 168 Å². The number of furan rings is 1. The molecule has 0 atom stereocenters. The van der Waals surface area contributed by atoms with Gasteiger partial charge in [0.2, 0.25) is 5.91 Å². The lowest BCUT2D eigenvalue weighted by Gasteiger charge is -2.15. The Hall–Kier alpha value is -3.29. The number of para-hydroxylation sites is 2. The maximum absolute atomic E-state index is 12.8. The fourth-order valence-corrected chi connectivity index (χ4v) is 3.48. The normalized spacial score (nSPS) is 11.1. The molecule has 1 aromatic carbocycles. The Balaban J connectivity index is 1.72. The number of imidazole rings is 1. The van der Waals surface area contributed by atoms with E-state index >= 15 is 0 Å². The zero-order chi connectivity index (χ0) is 21.1. The summed E-state index contributed by atoms with van der Waals surface area (Å²) in [5.74, 6) is -0.499. The first-order valence-corrected chi connectivity index (χ1v) is 9.58. The zero-order valence-corrected chi connectivity index (χ0v) is 16.8. The summed E-state index contributed by atoms with van der Waals surface area (Å²) in [4.78, 5) is 38.0. The minimum absolute atomic E-state index is 0.0936. The fourth-order valence-electron chi connectivity index (χ4n) is 3.48. The summed E-state index contributed by atoms with van der Waals surface area (Å²) in [6.45, 7) is 4.66. The lowest BCUT2D eigenvalue weighted by Crippen LogP contribution is -2.29. The average molecular weight is 399 g/mol. The van der Waals surface area contributed by atoms with Gasteiger partial charge in [0.1, 0.15) is 17.1 Å². The molecule has 0 saturated heterocycles. The van der Waals surface area contributed by atoms with Crippen LogP contribution in [0.25, 0.3) is 11.0 Å². The minimum atomic E-state index is -1.06. The molecule has 0 aliphatic heterocycles. The number of rotatable bonds is 8. The third-order valence-electron chi connectivity index (χ3n) is 4.94. The van der Waals surface area contributed by atoms with Crippen LogP contribution < -0.4 is 5.69 Å². The lowest BCUT2D eigenvalue weighted by molar-refractivity contribution is -0.130. The molecule has 0 aliphatic rings. The van der Waals surface area contributed by atoms with Crippen molar-refractivity contribution < 1.29 is 19.1 Å². The second kappa shape index (κ2) is 8.38.